The van der Waals surface area contributed by atoms with Gasteiger partial charge in [-0.1, -0.05) is 18.2 Å². The lowest BCUT2D eigenvalue weighted by atomic mass is 10.2. The van der Waals surface area contributed by atoms with Crippen molar-refractivity contribution in [3.63, 3.8) is 0 Å². The molecule has 0 aliphatic rings. The standard InChI is InChI=1S/C14H17NOS/c1-15-12(10-13-6-5-9-16-13)11-17-14-7-3-2-4-8-14/h2-9,12,15H,10-11H2,1H3. The van der Waals surface area contributed by atoms with Crippen LogP contribution in [-0.4, -0.2) is 18.8 Å². The number of furan rings is 1. The molecular weight excluding hydrogens is 230 g/mol. The van der Waals surface area contributed by atoms with Crippen LogP contribution in [0.15, 0.2) is 58.0 Å². The maximum absolute atomic E-state index is 5.37. The first kappa shape index (κ1) is 12.3. The third-order valence-electron chi connectivity index (χ3n) is 2.63. The molecule has 1 aromatic heterocycles. The molecule has 0 bridgehead atoms. The van der Waals surface area contributed by atoms with Gasteiger partial charge >= 0.3 is 0 Å². The summed E-state index contributed by atoms with van der Waals surface area (Å²) in [5.41, 5.74) is 0. The molecule has 1 atom stereocenters. The van der Waals surface area contributed by atoms with Gasteiger partial charge in [-0.3, -0.25) is 0 Å². The van der Waals surface area contributed by atoms with Gasteiger partial charge in [0.05, 0.1) is 6.26 Å². The number of hydrogen-bond acceptors (Lipinski definition) is 3. The van der Waals surface area contributed by atoms with Crippen LogP contribution >= 0.6 is 11.8 Å². The quantitative estimate of drug-likeness (QED) is 0.794. The van der Waals surface area contributed by atoms with E-state index in [0.717, 1.165) is 17.9 Å². The third-order valence-corrected chi connectivity index (χ3v) is 3.80. The maximum atomic E-state index is 5.37. The monoisotopic (exact) mass is 247 g/mol. The van der Waals surface area contributed by atoms with Crippen LogP contribution in [0.5, 0.6) is 0 Å². The Labute approximate surface area is 106 Å². The molecule has 0 saturated heterocycles. The summed E-state index contributed by atoms with van der Waals surface area (Å²) in [6.45, 7) is 0. The summed E-state index contributed by atoms with van der Waals surface area (Å²) in [4.78, 5) is 1.31. The van der Waals surface area contributed by atoms with Gasteiger partial charge in [-0.15, -0.1) is 11.8 Å². The third kappa shape index (κ3) is 3.95. The highest BCUT2D eigenvalue weighted by Gasteiger charge is 2.09. The molecule has 0 amide bonds. The number of likely N-dealkylation sites (N-methyl/N-ethyl adjacent to an activating group) is 1. The lowest BCUT2D eigenvalue weighted by Crippen LogP contribution is -2.29. The molecule has 0 aliphatic carbocycles. The minimum absolute atomic E-state index is 0.436. The fraction of sp³-hybridized carbons (Fsp3) is 0.286. The molecule has 0 fully saturated rings. The zero-order chi connectivity index (χ0) is 11.9. The summed E-state index contributed by atoms with van der Waals surface area (Å²) >= 11 is 1.87. The lowest BCUT2D eigenvalue weighted by Gasteiger charge is -2.14. The first-order valence-electron chi connectivity index (χ1n) is 5.76. The minimum atomic E-state index is 0.436. The van der Waals surface area contributed by atoms with Crippen molar-refractivity contribution in [1.29, 1.82) is 0 Å². The number of benzene rings is 1. The van der Waals surface area contributed by atoms with Gasteiger partial charge in [-0.05, 0) is 31.3 Å². The van der Waals surface area contributed by atoms with Crippen molar-refractivity contribution in [3.8, 4) is 0 Å². The molecule has 0 aliphatic heterocycles. The van der Waals surface area contributed by atoms with Crippen LogP contribution in [-0.2, 0) is 6.42 Å². The fourth-order valence-electron chi connectivity index (χ4n) is 1.63. The summed E-state index contributed by atoms with van der Waals surface area (Å²) < 4.78 is 5.37. The molecule has 0 radical (unpaired) electrons. The molecule has 0 spiro atoms. The Balaban J connectivity index is 1.84. The number of rotatable bonds is 6. The van der Waals surface area contributed by atoms with E-state index in [1.54, 1.807) is 6.26 Å². The fourth-order valence-corrected chi connectivity index (χ4v) is 2.66. The maximum Gasteiger partial charge on any atom is 0.105 e. The van der Waals surface area contributed by atoms with Gasteiger partial charge in [0, 0.05) is 23.1 Å². The van der Waals surface area contributed by atoms with E-state index in [4.69, 9.17) is 4.42 Å². The van der Waals surface area contributed by atoms with E-state index in [9.17, 15) is 0 Å². The van der Waals surface area contributed by atoms with Crippen LogP contribution in [0, 0.1) is 0 Å². The molecule has 1 N–H and O–H groups in total. The van der Waals surface area contributed by atoms with Gasteiger partial charge in [0.1, 0.15) is 5.76 Å². The van der Waals surface area contributed by atoms with Crippen molar-refractivity contribution in [1.82, 2.24) is 5.32 Å². The van der Waals surface area contributed by atoms with Crippen LogP contribution in [0.2, 0.25) is 0 Å². The highest BCUT2D eigenvalue weighted by molar-refractivity contribution is 7.99. The highest BCUT2D eigenvalue weighted by atomic mass is 32.2. The SMILES string of the molecule is CNC(CSc1ccccc1)Cc1ccco1. The van der Waals surface area contributed by atoms with Crippen LogP contribution < -0.4 is 5.32 Å². The Hall–Kier alpha value is -1.19. The molecule has 3 heteroatoms. The molecule has 0 saturated carbocycles. The van der Waals surface area contributed by atoms with Gasteiger partial charge in [-0.25, -0.2) is 0 Å². The first-order chi connectivity index (χ1) is 8.38. The van der Waals surface area contributed by atoms with Crippen LogP contribution in [0.25, 0.3) is 0 Å². The van der Waals surface area contributed by atoms with Crippen molar-refractivity contribution < 1.29 is 4.42 Å². The second-order valence-corrected chi connectivity index (χ2v) is 4.99. The molecule has 2 nitrogen and oxygen atoms in total. The van der Waals surface area contributed by atoms with Crippen LogP contribution in [0.4, 0.5) is 0 Å². The van der Waals surface area contributed by atoms with E-state index >= 15 is 0 Å². The van der Waals surface area contributed by atoms with Gasteiger partial charge in [-0.2, -0.15) is 0 Å². The second kappa shape index (κ2) is 6.52. The second-order valence-electron chi connectivity index (χ2n) is 3.89. The normalized spacial score (nSPS) is 12.5. The van der Waals surface area contributed by atoms with Gasteiger partial charge < -0.3 is 9.73 Å². The Morgan fingerprint density at radius 3 is 2.65 bits per heavy atom. The Morgan fingerprint density at radius 1 is 1.18 bits per heavy atom. The molecule has 2 rings (SSSR count). The van der Waals surface area contributed by atoms with Crippen molar-refractivity contribution in [3.05, 3.63) is 54.5 Å². The Kier molecular flexibility index (Phi) is 4.71. The van der Waals surface area contributed by atoms with Crippen LogP contribution in [0.1, 0.15) is 5.76 Å². The zero-order valence-electron chi connectivity index (χ0n) is 9.93. The van der Waals surface area contributed by atoms with E-state index in [0.29, 0.717) is 6.04 Å². The van der Waals surface area contributed by atoms with Crippen LogP contribution in [0.3, 0.4) is 0 Å². The summed E-state index contributed by atoms with van der Waals surface area (Å²) in [5.74, 6) is 2.08. The molecular formula is C14H17NOS. The Bertz CT molecular complexity index is 413. The van der Waals surface area contributed by atoms with E-state index in [-0.39, 0.29) is 0 Å². The average molecular weight is 247 g/mol. The van der Waals surface area contributed by atoms with Crippen molar-refractivity contribution in [2.24, 2.45) is 0 Å². The van der Waals surface area contributed by atoms with Gasteiger partial charge in [0.15, 0.2) is 0 Å². The first-order valence-corrected chi connectivity index (χ1v) is 6.74. The van der Waals surface area contributed by atoms with E-state index < -0.39 is 0 Å². The number of thioether (sulfide) groups is 1. The summed E-state index contributed by atoms with van der Waals surface area (Å²) in [6.07, 6.45) is 2.66. The zero-order valence-corrected chi connectivity index (χ0v) is 10.7. The van der Waals surface area contributed by atoms with E-state index in [2.05, 4.69) is 29.6 Å². The summed E-state index contributed by atoms with van der Waals surface area (Å²) in [7, 11) is 2.00. The summed E-state index contributed by atoms with van der Waals surface area (Å²) in [5, 5.41) is 3.33. The van der Waals surface area contributed by atoms with Crippen molar-refractivity contribution in [2.75, 3.05) is 12.8 Å². The smallest absolute Gasteiger partial charge is 0.105 e. The molecule has 1 heterocycles. The van der Waals surface area contributed by atoms with Gasteiger partial charge in [0.2, 0.25) is 0 Å². The van der Waals surface area contributed by atoms with E-state index in [1.807, 2.05) is 37.0 Å². The van der Waals surface area contributed by atoms with Crippen molar-refractivity contribution >= 4 is 11.8 Å². The highest BCUT2D eigenvalue weighted by Crippen LogP contribution is 2.19. The molecule has 17 heavy (non-hydrogen) atoms. The minimum Gasteiger partial charge on any atom is -0.469 e. The topological polar surface area (TPSA) is 25.2 Å². The largest absolute Gasteiger partial charge is 0.469 e. The molecule has 2 aromatic rings. The number of nitrogens with one attached hydrogen (secondary N) is 1. The summed E-state index contributed by atoms with van der Waals surface area (Å²) in [6, 6.07) is 14.9. The number of hydrogen-bond donors (Lipinski definition) is 1. The molecule has 1 unspecified atom stereocenters. The van der Waals surface area contributed by atoms with Gasteiger partial charge in [0.25, 0.3) is 0 Å². The Morgan fingerprint density at radius 2 is 2.00 bits per heavy atom. The van der Waals surface area contributed by atoms with E-state index in [1.165, 1.54) is 4.90 Å². The lowest BCUT2D eigenvalue weighted by molar-refractivity contribution is 0.474. The van der Waals surface area contributed by atoms with Crippen molar-refractivity contribution in [2.45, 2.75) is 17.4 Å². The average Bonchev–Trinajstić information content (AvgIpc) is 2.88. The predicted molar refractivity (Wildman–Crippen MR) is 72.4 cm³/mol. The molecule has 1 aromatic carbocycles. The predicted octanol–water partition coefficient (Wildman–Crippen LogP) is 3.20. The molecule has 90 valence electrons.